The van der Waals surface area contributed by atoms with Crippen LogP contribution < -0.4 is 5.69 Å². The van der Waals surface area contributed by atoms with Gasteiger partial charge in [-0.05, 0) is 31.0 Å². The fraction of sp³-hybridized carbons (Fsp3) is 0.211. The lowest BCUT2D eigenvalue weighted by Gasteiger charge is -2.11. The van der Waals surface area contributed by atoms with Crippen molar-refractivity contribution in [3.63, 3.8) is 0 Å². The highest BCUT2D eigenvalue weighted by Gasteiger charge is 2.23. The summed E-state index contributed by atoms with van der Waals surface area (Å²) in [5.74, 6) is -2.15. The molecule has 1 atom stereocenters. The number of thioether (sulfide) groups is 1. The summed E-state index contributed by atoms with van der Waals surface area (Å²) in [6.07, 6.45) is 0.628. The van der Waals surface area contributed by atoms with E-state index < -0.39 is 22.7 Å². The lowest BCUT2D eigenvalue weighted by atomic mass is 10.1. The molecule has 1 unspecified atom stereocenters. The average molecular weight is 389 g/mol. The summed E-state index contributed by atoms with van der Waals surface area (Å²) < 4.78 is 28.3. The summed E-state index contributed by atoms with van der Waals surface area (Å²) in [5.41, 5.74) is 0.505. The zero-order valence-corrected chi connectivity index (χ0v) is 15.3. The first-order valence-electron chi connectivity index (χ1n) is 8.30. The van der Waals surface area contributed by atoms with E-state index in [4.69, 9.17) is 0 Å². The number of nitrogens with one attached hydrogen (secondary N) is 1. The summed E-state index contributed by atoms with van der Waals surface area (Å²) in [5, 5.41) is 5.99. The molecule has 0 saturated carbocycles. The second-order valence-corrected chi connectivity index (χ2v) is 7.26. The van der Waals surface area contributed by atoms with Crippen molar-refractivity contribution in [1.29, 1.82) is 0 Å². The largest absolute Gasteiger partial charge is 0.343 e. The molecule has 0 amide bonds. The van der Waals surface area contributed by atoms with Gasteiger partial charge in [0, 0.05) is 12.6 Å². The minimum absolute atomic E-state index is 0.190. The number of benzene rings is 2. The maximum Gasteiger partial charge on any atom is 0.343 e. The molecule has 140 valence electrons. The topological polar surface area (TPSA) is 67.8 Å². The highest BCUT2D eigenvalue weighted by molar-refractivity contribution is 8.00. The molecule has 2 aromatic carbocycles. The van der Waals surface area contributed by atoms with Crippen molar-refractivity contribution >= 4 is 17.5 Å². The quantitative estimate of drug-likeness (QED) is 0.496. The Labute approximate surface area is 158 Å². The molecule has 0 fully saturated rings. The van der Waals surface area contributed by atoms with Gasteiger partial charge in [-0.1, -0.05) is 42.1 Å². The number of halogens is 2. The zero-order valence-electron chi connectivity index (χ0n) is 14.5. The number of nitrogens with zero attached hydrogens (tertiary/aromatic N) is 2. The van der Waals surface area contributed by atoms with Crippen molar-refractivity contribution in [2.24, 2.45) is 0 Å². The number of aryl methyl sites for hydroxylation is 1. The van der Waals surface area contributed by atoms with E-state index >= 15 is 0 Å². The first kappa shape index (κ1) is 19.0. The van der Waals surface area contributed by atoms with Crippen LogP contribution >= 0.6 is 11.8 Å². The summed E-state index contributed by atoms with van der Waals surface area (Å²) >= 11 is 1.05. The summed E-state index contributed by atoms with van der Waals surface area (Å²) in [6, 6.07) is 12.5. The standard InChI is InChI=1S/C19H17F2N3O2S/c1-12(17(25)15-8-7-14(20)11-16(15)21)27-19-23-22-18(26)24(19)10-9-13-5-3-2-4-6-13/h2-8,11-12H,9-10H2,1H3,(H,22,26). The molecule has 27 heavy (non-hydrogen) atoms. The van der Waals surface area contributed by atoms with Crippen LogP contribution in [0.5, 0.6) is 0 Å². The molecular formula is C19H17F2N3O2S. The van der Waals surface area contributed by atoms with E-state index in [-0.39, 0.29) is 11.3 Å². The van der Waals surface area contributed by atoms with Gasteiger partial charge in [-0.15, -0.1) is 5.10 Å². The Morgan fingerprint density at radius 2 is 1.96 bits per heavy atom. The average Bonchev–Trinajstić information content (AvgIpc) is 3.00. The molecule has 0 bridgehead atoms. The molecule has 1 heterocycles. The number of ketones is 1. The number of H-pyrrole nitrogens is 1. The SMILES string of the molecule is CC(Sc1n[nH]c(=O)n1CCc1ccccc1)C(=O)c1ccc(F)cc1F. The Morgan fingerprint density at radius 3 is 2.67 bits per heavy atom. The molecule has 0 aliphatic carbocycles. The van der Waals surface area contributed by atoms with E-state index in [1.165, 1.54) is 4.57 Å². The van der Waals surface area contributed by atoms with Crippen molar-refractivity contribution in [3.8, 4) is 0 Å². The maximum absolute atomic E-state index is 13.8. The van der Waals surface area contributed by atoms with E-state index in [2.05, 4.69) is 10.2 Å². The Hall–Kier alpha value is -2.74. The number of rotatable bonds is 7. The summed E-state index contributed by atoms with van der Waals surface area (Å²) in [4.78, 5) is 24.5. The van der Waals surface area contributed by atoms with Crippen molar-refractivity contribution < 1.29 is 13.6 Å². The van der Waals surface area contributed by atoms with Gasteiger partial charge in [0.1, 0.15) is 11.6 Å². The van der Waals surface area contributed by atoms with E-state index in [1.807, 2.05) is 30.3 Å². The molecule has 0 saturated heterocycles. The third kappa shape index (κ3) is 4.51. The Balaban J connectivity index is 1.73. The molecule has 5 nitrogen and oxygen atoms in total. The number of Topliss-reactive ketones (excluding diaryl/α,β-unsaturated/α-hetero) is 1. The van der Waals surface area contributed by atoms with Crippen LogP contribution in [0.2, 0.25) is 0 Å². The van der Waals surface area contributed by atoms with Crippen molar-refractivity contribution in [2.75, 3.05) is 0 Å². The third-order valence-corrected chi connectivity index (χ3v) is 5.13. The molecule has 0 spiro atoms. The van der Waals surface area contributed by atoms with Crippen LogP contribution in [0.25, 0.3) is 0 Å². The number of hydrogen-bond acceptors (Lipinski definition) is 4. The van der Waals surface area contributed by atoms with Crippen LogP contribution in [0.15, 0.2) is 58.5 Å². The maximum atomic E-state index is 13.8. The van der Waals surface area contributed by atoms with Crippen LogP contribution in [0.1, 0.15) is 22.8 Å². The number of carbonyl (C=O) groups is 1. The third-order valence-electron chi connectivity index (χ3n) is 4.04. The van der Waals surface area contributed by atoms with Crippen LogP contribution in [-0.4, -0.2) is 25.8 Å². The number of aromatic nitrogens is 3. The first-order valence-corrected chi connectivity index (χ1v) is 9.18. The predicted octanol–water partition coefficient (Wildman–Crippen LogP) is 3.46. The molecule has 8 heteroatoms. The minimum Gasteiger partial charge on any atom is -0.293 e. The number of hydrogen-bond donors (Lipinski definition) is 1. The first-order chi connectivity index (χ1) is 13.0. The normalized spacial score (nSPS) is 12.1. The molecule has 0 radical (unpaired) electrons. The van der Waals surface area contributed by atoms with Gasteiger partial charge in [0.15, 0.2) is 10.9 Å². The Kier molecular flexibility index (Phi) is 5.85. The molecule has 3 rings (SSSR count). The van der Waals surface area contributed by atoms with Crippen molar-refractivity contribution in [1.82, 2.24) is 14.8 Å². The Morgan fingerprint density at radius 1 is 1.22 bits per heavy atom. The zero-order chi connectivity index (χ0) is 19.4. The van der Waals surface area contributed by atoms with Gasteiger partial charge in [0.25, 0.3) is 0 Å². The molecule has 1 aromatic heterocycles. The molecule has 0 aliphatic rings. The van der Waals surface area contributed by atoms with E-state index in [1.54, 1.807) is 6.92 Å². The van der Waals surface area contributed by atoms with Crippen molar-refractivity contribution in [3.05, 3.63) is 81.8 Å². The minimum atomic E-state index is -0.907. The van der Waals surface area contributed by atoms with Gasteiger partial charge < -0.3 is 0 Å². The molecule has 3 aromatic rings. The van der Waals surface area contributed by atoms with Crippen LogP contribution in [0.3, 0.4) is 0 Å². The molecule has 1 N–H and O–H groups in total. The molecular weight excluding hydrogens is 372 g/mol. The van der Waals surface area contributed by atoms with E-state index in [0.717, 1.165) is 29.5 Å². The van der Waals surface area contributed by atoms with Gasteiger partial charge in [-0.2, -0.15) is 0 Å². The number of aromatic amines is 1. The number of carbonyl (C=O) groups excluding carboxylic acids is 1. The van der Waals surface area contributed by atoms with Crippen LogP contribution in [0, 0.1) is 11.6 Å². The van der Waals surface area contributed by atoms with Gasteiger partial charge in [0.05, 0.1) is 10.8 Å². The Bertz CT molecular complexity index is 1000. The second kappa shape index (κ2) is 8.30. The highest BCUT2D eigenvalue weighted by atomic mass is 32.2. The summed E-state index contributed by atoms with van der Waals surface area (Å²) in [7, 11) is 0. The van der Waals surface area contributed by atoms with Gasteiger partial charge >= 0.3 is 5.69 Å². The summed E-state index contributed by atoms with van der Waals surface area (Å²) in [6.45, 7) is 1.99. The second-order valence-electron chi connectivity index (χ2n) is 5.95. The van der Waals surface area contributed by atoms with Gasteiger partial charge in [-0.3, -0.25) is 9.36 Å². The fourth-order valence-corrected chi connectivity index (χ4v) is 3.55. The fourth-order valence-electron chi connectivity index (χ4n) is 2.60. The lowest BCUT2D eigenvalue weighted by Crippen LogP contribution is -2.21. The molecule has 0 aliphatic heterocycles. The predicted molar refractivity (Wildman–Crippen MR) is 99.0 cm³/mol. The van der Waals surface area contributed by atoms with Gasteiger partial charge in [-0.25, -0.2) is 18.7 Å². The monoisotopic (exact) mass is 389 g/mol. The lowest BCUT2D eigenvalue weighted by molar-refractivity contribution is 0.0990. The van der Waals surface area contributed by atoms with Crippen molar-refractivity contribution in [2.45, 2.75) is 30.3 Å². The van der Waals surface area contributed by atoms with E-state index in [9.17, 15) is 18.4 Å². The van der Waals surface area contributed by atoms with Crippen LogP contribution in [0.4, 0.5) is 8.78 Å². The van der Waals surface area contributed by atoms with Crippen LogP contribution in [-0.2, 0) is 13.0 Å². The van der Waals surface area contributed by atoms with E-state index in [0.29, 0.717) is 24.2 Å². The smallest absolute Gasteiger partial charge is 0.293 e. The highest BCUT2D eigenvalue weighted by Crippen LogP contribution is 2.24. The van der Waals surface area contributed by atoms with Gasteiger partial charge in [0.2, 0.25) is 0 Å².